The largest absolute Gasteiger partial charge is 0.486 e. The molecule has 1 heterocycles. The molecular weight excluding hydrogens is 238 g/mol. The molecule has 0 N–H and O–H groups in total. The first-order chi connectivity index (χ1) is 9.25. The predicted molar refractivity (Wildman–Crippen MR) is 73.4 cm³/mol. The second-order valence-corrected chi connectivity index (χ2v) is 5.34. The van der Waals surface area contributed by atoms with Crippen molar-refractivity contribution in [1.29, 1.82) is 0 Å². The Hall–Kier alpha value is -1.77. The van der Waals surface area contributed by atoms with E-state index in [4.69, 9.17) is 4.74 Å². The van der Waals surface area contributed by atoms with Gasteiger partial charge in [0, 0.05) is 18.2 Å². The molecule has 0 aromatic heterocycles. The van der Waals surface area contributed by atoms with Crippen molar-refractivity contribution < 1.29 is 9.53 Å². The molecule has 3 heteroatoms. The summed E-state index contributed by atoms with van der Waals surface area (Å²) < 4.78 is 5.63. The van der Waals surface area contributed by atoms with E-state index in [1.807, 2.05) is 29.3 Å². The average Bonchev–Trinajstić information content (AvgIpc) is 2.39. The summed E-state index contributed by atoms with van der Waals surface area (Å²) in [5.74, 6) is 1.18. The van der Waals surface area contributed by atoms with Crippen molar-refractivity contribution in [2.24, 2.45) is 0 Å². The van der Waals surface area contributed by atoms with Crippen LogP contribution in [0.25, 0.3) is 0 Å². The Labute approximate surface area is 113 Å². The first-order valence-electron chi connectivity index (χ1n) is 6.96. The summed E-state index contributed by atoms with van der Waals surface area (Å²) in [6, 6.07) is 10.7. The monoisotopic (exact) mass is 257 g/mol. The molecule has 1 saturated carbocycles. The van der Waals surface area contributed by atoms with Crippen LogP contribution in [0.2, 0.25) is 0 Å². The van der Waals surface area contributed by atoms with E-state index in [0.29, 0.717) is 6.04 Å². The van der Waals surface area contributed by atoms with Gasteiger partial charge in [-0.25, -0.2) is 0 Å². The van der Waals surface area contributed by atoms with E-state index < -0.39 is 0 Å². The third kappa shape index (κ3) is 2.37. The van der Waals surface area contributed by atoms with Gasteiger partial charge in [-0.05, 0) is 24.8 Å². The molecule has 0 bridgehead atoms. The molecule has 0 saturated heterocycles. The Bertz CT molecular complexity index is 491. The fourth-order valence-corrected chi connectivity index (χ4v) is 2.58. The number of carbonyl (C=O) groups is 1. The van der Waals surface area contributed by atoms with Crippen LogP contribution in [0, 0.1) is 0 Å². The van der Waals surface area contributed by atoms with Gasteiger partial charge in [0.05, 0.1) is 0 Å². The van der Waals surface area contributed by atoms with E-state index >= 15 is 0 Å². The maximum atomic E-state index is 11.9. The standard InChI is InChI=1S/C16H19NO2/c1-12(13-6-3-2-4-7-13)15-10-17(14-8-5-9-14)16(18)11-19-15/h2-4,6-7,10,12,14H,5,8-9,11H2,1H3. The maximum absolute atomic E-state index is 11.9. The number of rotatable bonds is 3. The minimum atomic E-state index is 0.0914. The van der Waals surface area contributed by atoms with Gasteiger partial charge in [-0.2, -0.15) is 0 Å². The summed E-state index contributed by atoms with van der Waals surface area (Å²) in [5.41, 5.74) is 1.22. The molecular formula is C16H19NO2. The van der Waals surface area contributed by atoms with Crippen LogP contribution in [-0.4, -0.2) is 23.5 Å². The average molecular weight is 257 g/mol. The molecule has 1 aliphatic carbocycles. The molecule has 1 aromatic rings. The third-order valence-electron chi connectivity index (χ3n) is 4.11. The molecule has 19 heavy (non-hydrogen) atoms. The highest BCUT2D eigenvalue weighted by atomic mass is 16.5. The van der Waals surface area contributed by atoms with Gasteiger partial charge < -0.3 is 9.64 Å². The lowest BCUT2D eigenvalue weighted by Gasteiger charge is -2.38. The molecule has 1 unspecified atom stereocenters. The number of benzene rings is 1. The van der Waals surface area contributed by atoms with E-state index in [0.717, 1.165) is 18.6 Å². The van der Waals surface area contributed by atoms with Crippen LogP contribution in [0.1, 0.15) is 37.7 Å². The van der Waals surface area contributed by atoms with Gasteiger partial charge >= 0.3 is 0 Å². The van der Waals surface area contributed by atoms with Gasteiger partial charge in [0.25, 0.3) is 5.91 Å². The second kappa shape index (κ2) is 5.08. The summed E-state index contributed by atoms with van der Waals surface area (Å²) in [5, 5.41) is 0. The predicted octanol–water partition coefficient (Wildman–Crippen LogP) is 3.04. The van der Waals surface area contributed by atoms with Crippen molar-refractivity contribution in [2.45, 2.75) is 38.1 Å². The minimum absolute atomic E-state index is 0.0914. The van der Waals surface area contributed by atoms with Gasteiger partial charge in [0.2, 0.25) is 0 Å². The van der Waals surface area contributed by atoms with Crippen LogP contribution in [0.3, 0.4) is 0 Å². The van der Waals surface area contributed by atoms with Crippen molar-refractivity contribution in [2.75, 3.05) is 6.61 Å². The lowest BCUT2D eigenvalue weighted by atomic mass is 9.91. The summed E-state index contributed by atoms with van der Waals surface area (Å²) in [4.78, 5) is 13.8. The molecule has 100 valence electrons. The zero-order valence-electron chi connectivity index (χ0n) is 11.2. The fraction of sp³-hybridized carbons (Fsp3) is 0.438. The van der Waals surface area contributed by atoms with Crippen LogP contribution in [0.15, 0.2) is 42.3 Å². The molecule has 0 spiro atoms. The zero-order chi connectivity index (χ0) is 13.2. The van der Waals surface area contributed by atoms with Gasteiger partial charge in [0.1, 0.15) is 5.76 Å². The van der Waals surface area contributed by atoms with Crippen molar-refractivity contribution in [3.8, 4) is 0 Å². The lowest BCUT2D eigenvalue weighted by Crippen LogP contribution is -2.44. The maximum Gasteiger partial charge on any atom is 0.264 e. The Morgan fingerprint density at radius 1 is 1.26 bits per heavy atom. The molecule has 1 aromatic carbocycles. The number of allylic oxidation sites excluding steroid dienone is 1. The fourth-order valence-electron chi connectivity index (χ4n) is 2.58. The van der Waals surface area contributed by atoms with Crippen LogP contribution in [0.4, 0.5) is 0 Å². The van der Waals surface area contributed by atoms with Gasteiger partial charge in [-0.1, -0.05) is 37.3 Å². The molecule has 3 rings (SSSR count). The highest BCUT2D eigenvalue weighted by molar-refractivity contribution is 5.80. The van der Waals surface area contributed by atoms with Crippen LogP contribution < -0.4 is 0 Å². The normalized spacial score (nSPS) is 21.4. The van der Waals surface area contributed by atoms with E-state index in [-0.39, 0.29) is 18.4 Å². The number of nitrogens with zero attached hydrogens (tertiary/aromatic N) is 1. The number of amides is 1. The zero-order valence-corrected chi connectivity index (χ0v) is 11.2. The third-order valence-corrected chi connectivity index (χ3v) is 4.11. The molecule has 3 nitrogen and oxygen atoms in total. The number of ether oxygens (including phenoxy) is 1. The Kier molecular flexibility index (Phi) is 3.28. The topological polar surface area (TPSA) is 29.5 Å². The SMILES string of the molecule is CC(C1=CN(C2CCC2)C(=O)CO1)c1ccccc1. The summed E-state index contributed by atoms with van der Waals surface area (Å²) in [7, 11) is 0. The lowest BCUT2D eigenvalue weighted by molar-refractivity contribution is -0.138. The number of carbonyl (C=O) groups excluding carboxylic acids is 1. The van der Waals surface area contributed by atoms with Gasteiger partial charge in [-0.15, -0.1) is 0 Å². The van der Waals surface area contributed by atoms with Crippen molar-refractivity contribution in [3.05, 3.63) is 47.9 Å². The highest BCUT2D eigenvalue weighted by Gasteiger charge is 2.32. The van der Waals surface area contributed by atoms with Crippen molar-refractivity contribution >= 4 is 5.91 Å². The molecule has 0 radical (unpaired) electrons. The summed E-state index contributed by atoms with van der Waals surface area (Å²) in [6.45, 7) is 2.30. The van der Waals surface area contributed by atoms with Crippen molar-refractivity contribution in [1.82, 2.24) is 4.90 Å². The Balaban J connectivity index is 1.81. The molecule has 1 amide bonds. The van der Waals surface area contributed by atoms with E-state index in [2.05, 4.69) is 19.1 Å². The number of hydrogen-bond donors (Lipinski definition) is 0. The molecule has 1 atom stereocenters. The molecule has 1 aliphatic heterocycles. The quantitative estimate of drug-likeness (QED) is 0.833. The Morgan fingerprint density at radius 3 is 2.63 bits per heavy atom. The second-order valence-electron chi connectivity index (χ2n) is 5.34. The summed E-state index contributed by atoms with van der Waals surface area (Å²) in [6.07, 6.45) is 5.39. The smallest absolute Gasteiger partial charge is 0.264 e. The van der Waals surface area contributed by atoms with Crippen LogP contribution >= 0.6 is 0 Å². The molecule has 1 fully saturated rings. The first-order valence-corrected chi connectivity index (χ1v) is 6.96. The molecule has 2 aliphatic rings. The van der Waals surface area contributed by atoms with Crippen molar-refractivity contribution in [3.63, 3.8) is 0 Å². The van der Waals surface area contributed by atoms with Crippen LogP contribution in [0.5, 0.6) is 0 Å². The summed E-state index contributed by atoms with van der Waals surface area (Å²) >= 11 is 0. The highest BCUT2D eigenvalue weighted by Crippen LogP contribution is 2.31. The van der Waals surface area contributed by atoms with Crippen LogP contribution in [-0.2, 0) is 9.53 Å². The minimum Gasteiger partial charge on any atom is -0.486 e. The Morgan fingerprint density at radius 2 is 2.00 bits per heavy atom. The van der Waals surface area contributed by atoms with E-state index in [1.165, 1.54) is 12.0 Å². The van der Waals surface area contributed by atoms with E-state index in [1.54, 1.807) is 0 Å². The van der Waals surface area contributed by atoms with Gasteiger partial charge in [-0.3, -0.25) is 4.79 Å². The first kappa shape index (κ1) is 12.3. The van der Waals surface area contributed by atoms with E-state index in [9.17, 15) is 4.79 Å². The van der Waals surface area contributed by atoms with Gasteiger partial charge in [0.15, 0.2) is 6.61 Å². The number of hydrogen-bond acceptors (Lipinski definition) is 2.